The minimum atomic E-state index is 0.662. The van der Waals surface area contributed by atoms with Gasteiger partial charge in [-0.1, -0.05) is 12.8 Å². The maximum absolute atomic E-state index is 5.66. The van der Waals surface area contributed by atoms with Crippen molar-refractivity contribution in [3.8, 4) is 0 Å². The molecule has 19 heavy (non-hydrogen) atoms. The number of aliphatic imine (C=N–C) groups is 1. The molecular formula is C14H28N4O. The van der Waals surface area contributed by atoms with Crippen LogP contribution in [0.15, 0.2) is 4.99 Å². The molecule has 0 bridgehead atoms. The number of hydrogen-bond acceptors (Lipinski definition) is 3. The van der Waals surface area contributed by atoms with Gasteiger partial charge in [0, 0.05) is 32.3 Å². The molecule has 0 amide bonds. The normalized spacial score (nSPS) is 27.5. The van der Waals surface area contributed by atoms with E-state index in [-0.39, 0.29) is 0 Å². The quantitative estimate of drug-likeness (QED) is 0.261. The zero-order chi connectivity index (χ0) is 13.5. The molecular weight excluding hydrogens is 240 g/mol. The van der Waals surface area contributed by atoms with Gasteiger partial charge in [-0.15, -0.1) is 0 Å². The second-order valence-corrected chi connectivity index (χ2v) is 5.49. The van der Waals surface area contributed by atoms with Crippen LogP contribution in [-0.4, -0.2) is 43.2 Å². The lowest BCUT2D eigenvalue weighted by Gasteiger charge is -2.33. The average Bonchev–Trinajstić information content (AvgIpc) is 2.87. The highest BCUT2D eigenvalue weighted by Crippen LogP contribution is 2.35. The Morgan fingerprint density at radius 1 is 1.37 bits per heavy atom. The van der Waals surface area contributed by atoms with Crippen LogP contribution in [-0.2, 0) is 4.74 Å². The minimum absolute atomic E-state index is 0.662. The first kappa shape index (κ1) is 14.6. The molecule has 2 rings (SSSR count). The van der Waals surface area contributed by atoms with Gasteiger partial charge in [0.15, 0.2) is 0 Å². The monoisotopic (exact) mass is 268 g/mol. The van der Waals surface area contributed by atoms with Crippen LogP contribution in [0.25, 0.3) is 0 Å². The van der Waals surface area contributed by atoms with Crippen molar-refractivity contribution in [1.29, 1.82) is 0 Å². The second kappa shape index (κ2) is 7.70. The molecule has 1 aliphatic heterocycles. The lowest BCUT2D eigenvalue weighted by Crippen LogP contribution is -2.48. The van der Waals surface area contributed by atoms with Crippen molar-refractivity contribution in [1.82, 2.24) is 10.3 Å². The lowest BCUT2D eigenvalue weighted by molar-refractivity contribution is 0.146. The number of nitrogens with zero attached hydrogens (tertiary/aromatic N) is 2. The summed E-state index contributed by atoms with van der Waals surface area (Å²) in [7, 11) is 0. The Balaban J connectivity index is 1.84. The van der Waals surface area contributed by atoms with Crippen molar-refractivity contribution >= 4 is 5.96 Å². The Morgan fingerprint density at radius 2 is 2.21 bits per heavy atom. The number of fused-ring (bicyclic) bond motifs is 1. The number of nitrogens with one attached hydrogen (secondary N) is 1. The summed E-state index contributed by atoms with van der Waals surface area (Å²) in [4.78, 5) is 7.01. The number of likely N-dealkylation sites (tertiary alicyclic amines) is 1. The van der Waals surface area contributed by atoms with Crippen molar-refractivity contribution in [2.75, 3.05) is 26.3 Å². The summed E-state index contributed by atoms with van der Waals surface area (Å²) >= 11 is 0. The Labute approximate surface area is 116 Å². The molecule has 0 aromatic carbocycles. The Kier molecular flexibility index (Phi) is 5.92. The number of nitrogens with two attached hydrogens (primary N) is 1. The molecule has 1 heterocycles. The molecule has 3 N–H and O–H groups in total. The molecule has 110 valence electrons. The largest absolute Gasteiger partial charge is 0.382 e. The van der Waals surface area contributed by atoms with Crippen LogP contribution >= 0.6 is 0 Å². The number of hydrogen-bond donors (Lipinski definition) is 2. The zero-order valence-electron chi connectivity index (χ0n) is 12.1. The molecule has 0 aromatic heterocycles. The van der Waals surface area contributed by atoms with Gasteiger partial charge >= 0.3 is 0 Å². The molecule has 1 saturated heterocycles. The van der Waals surface area contributed by atoms with Crippen LogP contribution in [0.5, 0.6) is 0 Å². The smallest absolute Gasteiger partial charge is 0.208 e. The third-order valence-electron chi connectivity index (χ3n) is 4.32. The predicted molar refractivity (Wildman–Crippen MR) is 77.8 cm³/mol. The van der Waals surface area contributed by atoms with Crippen molar-refractivity contribution in [3.05, 3.63) is 0 Å². The van der Waals surface area contributed by atoms with Crippen LogP contribution in [0.3, 0.4) is 0 Å². The van der Waals surface area contributed by atoms with Gasteiger partial charge in [-0.2, -0.15) is 0 Å². The van der Waals surface area contributed by atoms with Crippen LogP contribution in [0.2, 0.25) is 0 Å². The van der Waals surface area contributed by atoms with Crippen molar-refractivity contribution in [3.63, 3.8) is 0 Å². The fourth-order valence-corrected chi connectivity index (χ4v) is 3.38. The SMILES string of the molecule is CCOCCCN=C(NN)N1CCC2CCCCC21. The summed E-state index contributed by atoms with van der Waals surface area (Å²) in [6.07, 6.45) is 7.67. The van der Waals surface area contributed by atoms with Gasteiger partial charge in [-0.25, -0.2) is 5.84 Å². The van der Waals surface area contributed by atoms with Gasteiger partial charge < -0.3 is 9.64 Å². The van der Waals surface area contributed by atoms with Crippen LogP contribution in [0, 0.1) is 5.92 Å². The van der Waals surface area contributed by atoms with Crippen molar-refractivity contribution < 1.29 is 4.74 Å². The van der Waals surface area contributed by atoms with Gasteiger partial charge in [0.05, 0.1) is 0 Å². The maximum atomic E-state index is 5.66. The summed E-state index contributed by atoms with van der Waals surface area (Å²) in [5.74, 6) is 7.40. The summed E-state index contributed by atoms with van der Waals surface area (Å²) in [6, 6.07) is 0.662. The van der Waals surface area contributed by atoms with E-state index in [9.17, 15) is 0 Å². The molecule has 1 aliphatic carbocycles. The number of rotatable bonds is 5. The highest BCUT2D eigenvalue weighted by atomic mass is 16.5. The first-order chi connectivity index (χ1) is 9.36. The highest BCUT2D eigenvalue weighted by molar-refractivity contribution is 5.80. The molecule has 5 heteroatoms. The lowest BCUT2D eigenvalue weighted by atomic mass is 9.85. The predicted octanol–water partition coefficient (Wildman–Crippen LogP) is 1.50. The second-order valence-electron chi connectivity index (χ2n) is 5.49. The van der Waals surface area contributed by atoms with E-state index in [4.69, 9.17) is 10.6 Å². The van der Waals surface area contributed by atoms with Crippen molar-refractivity contribution in [2.24, 2.45) is 16.8 Å². The Hall–Kier alpha value is -0.810. The Morgan fingerprint density at radius 3 is 3.00 bits per heavy atom. The van der Waals surface area contributed by atoms with Gasteiger partial charge in [-0.05, 0) is 38.5 Å². The van der Waals surface area contributed by atoms with E-state index >= 15 is 0 Å². The van der Waals surface area contributed by atoms with E-state index < -0.39 is 0 Å². The topological polar surface area (TPSA) is 62.9 Å². The standard InChI is InChI=1S/C14H28N4O/c1-2-19-11-5-9-16-14(17-15)18-10-8-12-6-3-4-7-13(12)18/h12-13H,2-11,15H2,1H3,(H,16,17). The zero-order valence-corrected chi connectivity index (χ0v) is 12.1. The summed E-state index contributed by atoms with van der Waals surface area (Å²) in [5, 5.41) is 0. The van der Waals surface area contributed by atoms with Gasteiger partial charge in [0.1, 0.15) is 0 Å². The van der Waals surface area contributed by atoms with Gasteiger partial charge in [-0.3, -0.25) is 10.4 Å². The molecule has 2 fully saturated rings. The van der Waals surface area contributed by atoms with Gasteiger partial charge in [0.25, 0.3) is 0 Å². The molecule has 2 aliphatic rings. The van der Waals surface area contributed by atoms with Crippen LogP contribution in [0.1, 0.15) is 45.4 Å². The number of hydrazine groups is 1. The number of ether oxygens (including phenoxy) is 1. The van der Waals surface area contributed by atoms with E-state index in [2.05, 4.69) is 15.3 Å². The van der Waals surface area contributed by atoms with E-state index in [1.165, 1.54) is 32.1 Å². The van der Waals surface area contributed by atoms with Gasteiger partial charge in [0.2, 0.25) is 5.96 Å². The summed E-state index contributed by atoms with van der Waals surface area (Å²) in [5.41, 5.74) is 2.80. The van der Waals surface area contributed by atoms with Crippen LogP contribution < -0.4 is 11.3 Å². The number of guanidine groups is 1. The minimum Gasteiger partial charge on any atom is -0.382 e. The first-order valence-electron chi connectivity index (χ1n) is 7.72. The molecule has 2 unspecified atom stereocenters. The average molecular weight is 268 g/mol. The maximum Gasteiger partial charge on any atom is 0.208 e. The van der Waals surface area contributed by atoms with E-state index in [0.29, 0.717) is 6.04 Å². The molecule has 0 radical (unpaired) electrons. The third-order valence-corrected chi connectivity index (χ3v) is 4.32. The fraction of sp³-hybridized carbons (Fsp3) is 0.929. The molecule has 2 atom stereocenters. The summed E-state index contributed by atoms with van der Waals surface area (Å²) in [6.45, 7) is 5.46. The summed E-state index contributed by atoms with van der Waals surface area (Å²) < 4.78 is 5.33. The Bertz CT molecular complexity index is 295. The molecule has 1 saturated carbocycles. The first-order valence-corrected chi connectivity index (χ1v) is 7.72. The third kappa shape index (κ3) is 3.83. The van der Waals surface area contributed by atoms with Crippen molar-refractivity contribution in [2.45, 2.75) is 51.5 Å². The highest BCUT2D eigenvalue weighted by Gasteiger charge is 2.36. The van der Waals surface area contributed by atoms with E-state index in [1.807, 2.05) is 6.92 Å². The fourth-order valence-electron chi connectivity index (χ4n) is 3.38. The molecule has 0 spiro atoms. The van der Waals surface area contributed by atoms with E-state index in [0.717, 1.165) is 44.6 Å². The van der Waals surface area contributed by atoms with Crippen LogP contribution in [0.4, 0.5) is 0 Å². The molecule has 5 nitrogen and oxygen atoms in total. The van der Waals surface area contributed by atoms with E-state index in [1.54, 1.807) is 0 Å². The molecule has 0 aromatic rings.